The minimum absolute atomic E-state index is 0.171. The van der Waals surface area contributed by atoms with E-state index in [9.17, 15) is 14.7 Å². The summed E-state index contributed by atoms with van der Waals surface area (Å²) < 4.78 is 0. The summed E-state index contributed by atoms with van der Waals surface area (Å²) in [5, 5.41) is 11.0. The minimum Gasteiger partial charge on any atom is -0.481 e. The summed E-state index contributed by atoms with van der Waals surface area (Å²) in [6, 6.07) is 0. The summed E-state index contributed by atoms with van der Waals surface area (Å²) in [6.07, 6.45) is 9.75. The summed E-state index contributed by atoms with van der Waals surface area (Å²) >= 11 is 1.98. The molecule has 6 unspecified atom stereocenters. The molecule has 4 aliphatic rings. The Balaban J connectivity index is 1.83. The number of hydrogen-bond acceptors (Lipinski definition) is 3. The molecule has 0 aliphatic heterocycles. The molecular formula is C26H40O3S. The first-order valence-electron chi connectivity index (χ1n) is 12.2. The second-order valence-corrected chi connectivity index (χ2v) is 12.2. The first-order valence-corrected chi connectivity index (χ1v) is 13.4. The lowest BCUT2D eigenvalue weighted by Gasteiger charge is -2.58. The fraction of sp³-hybridized carbons (Fsp3) is 0.846. The van der Waals surface area contributed by atoms with E-state index in [-0.39, 0.29) is 23.2 Å². The Morgan fingerprint density at radius 3 is 2.53 bits per heavy atom. The van der Waals surface area contributed by atoms with Crippen molar-refractivity contribution in [2.45, 2.75) is 73.1 Å². The molecule has 3 saturated carbocycles. The zero-order valence-corrected chi connectivity index (χ0v) is 20.3. The van der Waals surface area contributed by atoms with Crippen LogP contribution in [0.1, 0.15) is 73.1 Å². The van der Waals surface area contributed by atoms with E-state index < -0.39 is 16.8 Å². The number of aldehydes is 1. The Morgan fingerprint density at radius 2 is 1.97 bits per heavy atom. The molecule has 0 radical (unpaired) electrons. The van der Waals surface area contributed by atoms with Crippen LogP contribution in [-0.2, 0) is 9.59 Å². The number of thioether (sulfide) groups is 1. The number of hydrogen-bond donors (Lipinski definition) is 1. The molecule has 4 bridgehead atoms. The van der Waals surface area contributed by atoms with Crippen molar-refractivity contribution < 1.29 is 14.7 Å². The topological polar surface area (TPSA) is 54.4 Å². The number of carbonyl (C=O) groups excluding carboxylic acids is 1. The summed E-state index contributed by atoms with van der Waals surface area (Å²) in [4.78, 5) is 26.3. The summed E-state index contributed by atoms with van der Waals surface area (Å²) in [5.74, 6) is 3.73. The Kier molecular flexibility index (Phi) is 5.74. The highest BCUT2D eigenvalue weighted by molar-refractivity contribution is 7.99. The first-order chi connectivity index (χ1) is 14.3. The standard InChI is InChI=1S/C26H40O3S/c1-6-18(7-2)13-30-15-25-12-20-17(5)8-9-21(20)24(14-27)11-19(25)10-22(16(3)4)26(24,25)23(28)29/h10,14,16-21H,6-9,11-13,15H2,1-5H3,(H,28,29)/t17?,19?,20-,21?,24?,25?,26?/m1/s1. The van der Waals surface area contributed by atoms with E-state index in [0.29, 0.717) is 17.8 Å². The van der Waals surface area contributed by atoms with Crippen LogP contribution in [-0.4, -0.2) is 28.9 Å². The molecule has 3 nitrogen and oxygen atoms in total. The molecule has 168 valence electrons. The van der Waals surface area contributed by atoms with Crippen LogP contribution in [0.3, 0.4) is 0 Å². The Bertz CT molecular complexity index is 741. The van der Waals surface area contributed by atoms with Crippen molar-refractivity contribution in [3.63, 3.8) is 0 Å². The van der Waals surface area contributed by atoms with Crippen LogP contribution < -0.4 is 0 Å². The quantitative estimate of drug-likeness (QED) is 0.354. The van der Waals surface area contributed by atoms with Gasteiger partial charge in [0.15, 0.2) is 0 Å². The number of allylic oxidation sites excluding steroid dienone is 1. The molecule has 0 aromatic heterocycles. The summed E-state index contributed by atoms with van der Waals surface area (Å²) in [5.41, 5.74) is -0.928. The van der Waals surface area contributed by atoms with Gasteiger partial charge in [0.05, 0.1) is 5.41 Å². The van der Waals surface area contributed by atoms with Crippen LogP contribution in [0.4, 0.5) is 0 Å². The molecule has 4 heteroatoms. The predicted molar refractivity (Wildman–Crippen MR) is 123 cm³/mol. The van der Waals surface area contributed by atoms with E-state index in [1.54, 1.807) is 0 Å². The highest BCUT2D eigenvalue weighted by Crippen LogP contribution is 2.83. The van der Waals surface area contributed by atoms with Gasteiger partial charge in [-0.15, -0.1) is 0 Å². The third-order valence-corrected chi connectivity index (χ3v) is 11.4. The molecule has 4 aliphatic carbocycles. The Labute approximate surface area is 186 Å². The van der Waals surface area contributed by atoms with Crippen molar-refractivity contribution in [2.75, 3.05) is 11.5 Å². The smallest absolute Gasteiger partial charge is 0.315 e. The fourth-order valence-corrected chi connectivity index (χ4v) is 10.4. The number of aliphatic carboxylic acids is 1. The van der Waals surface area contributed by atoms with E-state index in [2.05, 4.69) is 40.7 Å². The molecule has 0 heterocycles. The largest absolute Gasteiger partial charge is 0.481 e. The van der Waals surface area contributed by atoms with Crippen LogP contribution in [0.15, 0.2) is 11.6 Å². The van der Waals surface area contributed by atoms with Crippen LogP contribution >= 0.6 is 11.8 Å². The van der Waals surface area contributed by atoms with Crippen LogP contribution in [0, 0.1) is 51.8 Å². The first kappa shape index (κ1) is 22.4. The normalized spacial score (nSPS) is 43.9. The molecule has 0 aromatic rings. The van der Waals surface area contributed by atoms with Gasteiger partial charge in [0.1, 0.15) is 11.7 Å². The number of rotatable bonds is 9. The average molecular weight is 433 g/mol. The van der Waals surface area contributed by atoms with E-state index in [1.807, 2.05) is 11.8 Å². The van der Waals surface area contributed by atoms with E-state index in [0.717, 1.165) is 49.0 Å². The van der Waals surface area contributed by atoms with E-state index >= 15 is 0 Å². The van der Waals surface area contributed by atoms with E-state index in [4.69, 9.17) is 0 Å². The molecule has 4 rings (SSSR count). The van der Waals surface area contributed by atoms with Crippen LogP contribution in [0.5, 0.6) is 0 Å². The number of carboxylic acid groups (broad SMARTS) is 1. The zero-order chi connectivity index (χ0) is 21.9. The molecule has 1 N–H and O–H groups in total. The van der Waals surface area contributed by atoms with Crippen molar-refractivity contribution in [2.24, 2.45) is 51.8 Å². The molecule has 30 heavy (non-hydrogen) atoms. The SMILES string of the molecule is CCC(CC)CSCC12C[C@@H]3C(C)CCC3C3(C=O)CC1C=C(C(C)C)C32C(=O)O. The minimum atomic E-state index is -0.993. The lowest BCUT2D eigenvalue weighted by atomic mass is 9.43. The van der Waals surface area contributed by atoms with Gasteiger partial charge in [-0.1, -0.05) is 65.5 Å². The zero-order valence-electron chi connectivity index (χ0n) is 19.4. The van der Waals surface area contributed by atoms with Gasteiger partial charge in [0, 0.05) is 11.2 Å². The van der Waals surface area contributed by atoms with Gasteiger partial charge in [0.2, 0.25) is 0 Å². The maximum absolute atomic E-state index is 13.3. The highest BCUT2D eigenvalue weighted by Gasteiger charge is 2.84. The molecule has 0 amide bonds. The lowest BCUT2D eigenvalue weighted by molar-refractivity contribution is -0.177. The highest BCUT2D eigenvalue weighted by atomic mass is 32.2. The third kappa shape index (κ3) is 2.52. The fourth-order valence-electron chi connectivity index (χ4n) is 8.57. The maximum Gasteiger partial charge on any atom is 0.315 e. The predicted octanol–water partition coefficient (Wildman–Crippen LogP) is 6.08. The van der Waals surface area contributed by atoms with E-state index in [1.165, 1.54) is 12.8 Å². The maximum atomic E-state index is 13.3. The molecule has 0 aromatic carbocycles. The molecule has 3 fully saturated rings. The molecule has 7 atom stereocenters. The van der Waals surface area contributed by atoms with Crippen LogP contribution in [0.25, 0.3) is 0 Å². The monoisotopic (exact) mass is 432 g/mol. The Hall–Kier alpha value is -0.770. The van der Waals surface area contributed by atoms with Gasteiger partial charge in [0.25, 0.3) is 0 Å². The van der Waals surface area contributed by atoms with Gasteiger partial charge in [-0.05, 0) is 60.5 Å². The number of fused-ring (bicyclic) bond motifs is 2. The molecule has 0 saturated heterocycles. The molecule has 0 spiro atoms. The summed E-state index contributed by atoms with van der Waals surface area (Å²) in [7, 11) is 0. The van der Waals surface area contributed by atoms with Gasteiger partial charge < -0.3 is 9.90 Å². The van der Waals surface area contributed by atoms with Gasteiger partial charge in [-0.3, -0.25) is 4.79 Å². The van der Waals surface area contributed by atoms with Crippen molar-refractivity contribution in [1.29, 1.82) is 0 Å². The summed E-state index contributed by atoms with van der Waals surface area (Å²) in [6.45, 7) is 11.1. The van der Waals surface area contributed by atoms with Crippen LogP contribution in [0.2, 0.25) is 0 Å². The van der Waals surface area contributed by atoms with Crippen molar-refractivity contribution in [1.82, 2.24) is 0 Å². The Morgan fingerprint density at radius 1 is 1.27 bits per heavy atom. The van der Waals surface area contributed by atoms with Crippen molar-refractivity contribution in [3.8, 4) is 0 Å². The number of carboxylic acids is 1. The molecular weight excluding hydrogens is 392 g/mol. The van der Waals surface area contributed by atoms with Gasteiger partial charge >= 0.3 is 5.97 Å². The second-order valence-electron chi connectivity index (χ2n) is 11.2. The van der Waals surface area contributed by atoms with Crippen molar-refractivity contribution in [3.05, 3.63) is 11.6 Å². The third-order valence-electron chi connectivity index (χ3n) is 9.99. The van der Waals surface area contributed by atoms with Gasteiger partial charge in [-0.2, -0.15) is 11.8 Å². The number of carbonyl (C=O) groups is 2. The van der Waals surface area contributed by atoms with Gasteiger partial charge in [-0.25, -0.2) is 0 Å². The van der Waals surface area contributed by atoms with Crippen molar-refractivity contribution >= 4 is 24.0 Å². The lowest BCUT2D eigenvalue weighted by Crippen LogP contribution is -2.63. The average Bonchev–Trinajstić information content (AvgIpc) is 3.28. The second kappa shape index (κ2) is 7.67.